The molecule has 0 aliphatic carbocycles. The molecule has 28 heavy (non-hydrogen) atoms. The predicted octanol–water partition coefficient (Wildman–Crippen LogP) is 3.04. The first-order valence-electron chi connectivity index (χ1n) is 9.98. The van der Waals surface area contributed by atoms with Crippen LogP contribution in [0.2, 0.25) is 0 Å². The van der Waals surface area contributed by atoms with Crippen LogP contribution < -0.4 is 15.1 Å². The van der Waals surface area contributed by atoms with Gasteiger partial charge in [0.15, 0.2) is 0 Å². The van der Waals surface area contributed by atoms with Gasteiger partial charge in [-0.2, -0.15) is 4.98 Å². The standard InChI is InChI=1S/C21H30N6O/c1-5-25(6-2)18-7-8-19(16(3)15-18)23-21-22-10-9-20(24-21)27-13-11-26(12-14-27)17(4)28/h7-10,15H,5-6,11-14H2,1-4H3,(H,22,23,24). The van der Waals surface area contributed by atoms with Crippen molar-refractivity contribution in [3.05, 3.63) is 36.0 Å². The molecular weight excluding hydrogens is 352 g/mol. The Kier molecular flexibility index (Phi) is 6.34. The van der Waals surface area contributed by atoms with Gasteiger partial charge in [0.1, 0.15) is 5.82 Å². The van der Waals surface area contributed by atoms with Crippen LogP contribution in [0.3, 0.4) is 0 Å². The highest BCUT2D eigenvalue weighted by atomic mass is 16.2. The Morgan fingerprint density at radius 1 is 1.14 bits per heavy atom. The molecule has 1 aliphatic rings. The van der Waals surface area contributed by atoms with E-state index in [9.17, 15) is 4.79 Å². The zero-order chi connectivity index (χ0) is 20.1. The molecule has 0 bridgehead atoms. The minimum absolute atomic E-state index is 0.133. The molecular formula is C21H30N6O. The second-order valence-electron chi connectivity index (χ2n) is 7.03. The van der Waals surface area contributed by atoms with Crippen LogP contribution in [0.1, 0.15) is 26.3 Å². The number of aryl methyl sites for hydroxylation is 1. The van der Waals surface area contributed by atoms with Crippen molar-refractivity contribution in [3.63, 3.8) is 0 Å². The van der Waals surface area contributed by atoms with Gasteiger partial charge in [-0.15, -0.1) is 0 Å². The summed E-state index contributed by atoms with van der Waals surface area (Å²) in [6.45, 7) is 13.1. The zero-order valence-corrected chi connectivity index (χ0v) is 17.3. The fourth-order valence-corrected chi connectivity index (χ4v) is 3.53. The van der Waals surface area contributed by atoms with Gasteiger partial charge in [-0.1, -0.05) is 0 Å². The van der Waals surface area contributed by atoms with Crippen LogP contribution in [-0.2, 0) is 4.79 Å². The molecule has 2 aromatic rings. The van der Waals surface area contributed by atoms with E-state index in [-0.39, 0.29) is 5.91 Å². The van der Waals surface area contributed by atoms with Gasteiger partial charge in [0, 0.05) is 63.8 Å². The lowest BCUT2D eigenvalue weighted by molar-refractivity contribution is -0.129. The van der Waals surface area contributed by atoms with Gasteiger partial charge in [-0.25, -0.2) is 4.98 Å². The van der Waals surface area contributed by atoms with Gasteiger partial charge < -0.3 is 20.0 Å². The van der Waals surface area contributed by atoms with Crippen LogP contribution in [0.25, 0.3) is 0 Å². The average Bonchev–Trinajstić information content (AvgIpc) is 2.71. The van der Waals surface area contributed by atoms with Crippen LogP contribution >= 0.6 is 0 Å². The summed E-state index contributed by atoms with van der Waals surface area (Å²) in [5, 5.41) is 3.35. The van der Waals surface area contributed by atoms with Crippen molar-refractivity contribution in [1.29, 1.82) is 0 Å². The Labute approximate surface area is 167 Å². The predicted molar refractivity (Wildman–Crippen MR) is 115 cm³/mol. The molecule has 1 N–H and O–H groups in total. The Bertz CT molecular complexity index is 812. The third-order valence-corrected chi connectivity index (χ3v) is 5.27. The molecule has 7 nitrogen and oxygen atoms in total. The molecule has 2 heterocycles. The van der Waals surface area contributed by atoms with Crippen LogP contribution in [0.5, 0.6) is 0 Å². The summed E-state index contributed by atoms with van der Waals surface area (Å²) in [6, 6.07) is 8.34. The highest BCUT2D eigenvalue weighted by Gasteiger charge is 2.20. The topological polar surface area (TPSA) is 64.6 Å². The van der Waals surface area contributed by atoms with E-state index in [0.29, 0.717) is 5.95 Å². The number of hydrogen-bond acceptors (Lipinski definition) is 6. The van der Waals surface area contributed by atoms with Gasteiger partial charge in [0.2, 0.25) is 11.9 Å². The van der Waals surface area contributed by atoms with Crippen LogP contribution in [0.15, 0.2) is 30.5 Å². The maximum Gasteiger partial charge on any atom is 0.229 e. The zero-order valence-electron chi connectivity index (χ0n) is 17.3. The minimum Gasteiger partial charge on any atom is -0.372 e. The van der Waals surface area contributed by atoms with Gasteiger partial charge in [-0.3, -0.25) is 4.79 Å². The number of aromatic nitrogens is 2. The summed E-state index contributed by atoms with van der Waals surface area (Å²) >= 11 is 0. The number of nitrogens with one attached hydrogen (secondary N) is 1. The van der Waals surface area contributed by atoms with Crippen molar-refractivity contribution in [2.75, 3.05) is 54.4 Å². The molecule has 1 fully saturated rings. The minimum atomic E-state index is 0.133. The summed E-state index contributed by atoms with van der Waals surface area (Å²) in [7, 11) is 0. The van der Waals surface area contributed by atoms with Crippen molar-refractivity contribution < 1.29 is 4.79 Å². The molecule has 3 rings (SSSR count). The molecule has 0 atom stereocenters. The molecule has 1 saturated heterocycles. The van der Waals surface area contributed by atoms with Crippen molar-refractivity contribution in [3.8, 4) is 0 Å². The molecule has 7 heteroatoms. The molecule has 0 saturated carbocycles. The van der Waals surface area contributed by atoms with Gasteiger partial charge in [0.25, 0.3) is 0 Å². The molecule has 1 aromatic heterocycles. The number of rotatable bonds is 6. The van der Waals surface area contributed by atoms with E-state index < -0.39 is 0 Å². The van der Waals surface area contributed by atoms with E-state index in [1.165, 1.54) is 5.69 Å². The Morgan fingerprint density at radius 2 is 1.86 bits per heavy atom. The largest absolute Gasteiger partial charge is 0.372 e. The summed E-state index contributed by atoms with van der Waals surface area (Å²) in [4.78, 5) is 27.0. The van der Waals surface area contributed by atoms with E-state index in [2.05, 4.69) is 64.1 Å². The smallest absolute Gasteiger partial charge is 0.229 e. The van der Waals surface area contributed by atoms with E-state index in [4.69, 9.17) is 0 Å². The lowest BCUT2D eigenvalue weighted by Crippen LogP contribution is -2.48. The van der Waals surface area contributed by atoms with E-state index >= 15 is 0 Å². The van der Waals surface area contributed by atoms with Crippen LogP contribution in [0, 0.1) is 6.92 Å². The average molecular weight is 383 g/mol. The summed E-state index contributed by atoms with van der Waals surface area (Å²) < 4.78 is 0. The van der Waals surface area contributed by atoms with Crippen LogP contribution in [-0.4, -0.2) is 60.0 Å². The van der Waals surface area contributed by atoms with Crippen LogP contribution in [0.4, 0.5) is 23.1 Å². The number of nitrogens with zero attached hydrogens (tertiary/aromatic N) is 5. The number of carbonyl (C=O) groups excluding carboxylic acids is 1. The Morgan fingerprint density at radius 3 is 2.46 bits per heavy atom. The SMILES string of the molecule is CCN(CC)c1ccc(Nc2nccc(N3CCN(C(C)=O)CC3)n2)c(C)c1. The molecule has 0 spiro atoms. The van der Waals surface area contributed by atoms with Crippen molar-refractivity contribution >= 4 is 29.0 Å². The Hall–Kier alpha value is -2.83. The molecule has 1 aromatic carbocycles. The van der Waals surface area contributed by atoms with Gasteiger partial charge in [-0.05, 0) is 50.6 Å². The van der Waals surface area contributed by atoms with E-state index in [1.807, 2.05) is 11.0 Å². The lowest BCUT2D eigenvalue weighted by Gasteiger charge is -2.34. The Balaban J connectivity index is 1.70. The summed E-state index contributed by atoms with van der Waals surface area (Å²) in [6.07, 6.45) is 1.78. The monoisotopic (exact) mass is 382 g/mol. The number of benzene rings is 1. The highest BCUT2D eigenvalue weighted by Crippen LogP contribution is 2.25. The van der Waals surface area contributed by atoms with Crippen molar-refractivity contribution in [2.45, 2.75) is 27.7 Å². The second-order valence-corrected chi connectivity index (χ2v) is 7.03. The highest BCUT2D eigenvalue weighted by molar-refractivity contribution is 5.73. The number of anilines is 4. The number of piperazine rings is 1. The quantitative estimate of drug-likeness (QED) is 0.828. The number of carbonyl (C=O) groups is 1. The summed E-state index contributed by atoms with van der Waals surface area (Å²) in [5.74, 6) is 1.61. The van der Waals surface area contributed by atoms with Crippen molar-refractivity contribution in [2.24, 2.45) is 0 Å². The fraction of sp³-hybridized carbons (Fsp3) is 0.476. The van der Waals surface area contributed by atoms with Gasteiger partial charge >= 0.3 is 0 Å². The molecule has 0 radical (unpaired) electrons. The molecule has 1 amide bonds. The third kappa shape index (κ3) is 4.52. The maximum absolute atomic E-state index is 11.5. The van der Waals surface area contributed by atoms with E-state index in [0.717, 1.165) is 56.3 Å². The first kappa shape index (κ1) is 19.9. The first-order valence-corrected chi connectivity index (χ1v) is 9.98. The third-order valence-electron chi connectivity index (χ3n) is 5.27. The number of amides is 1. The fourth-order valence-electron chi connectivity index (χ4n) is 3.53. The molecule has 0 unspecified atom stereocenters. The van der Waals surface area contributed by atoms with Crippen molar-refractivity contribution in [1.82, 2.24) is 14.9 Å². The first-order chi connectivity index (χ1) is 13.5. The maximum atomic E-state index is 11.5. The molecule has 150 valence electrons. The normalized spacial score (nSPS) is 14.1. The number of hydrogen-bond donors (Lipinski definition) is 1. The molecule has 1 aliphatic heterocycles. The van der Waals surface area contributed by atoms with E-state index in [1.54, 1.807) is 13.1 Å². The summed E-state index contributed by atoms with van der Waals surface area (Å²) in [5.41, 5.74) is 3.40. The second kappa shape index (κ2) is 8.91. The lowest BCUT2D eigenvalue weighted by atomic mass is 10.1. The van der Waals surface area contributed by atoms with Gasteiger partial charge in [0.05, 0.1) is 0 Å².